The van der Waals surface area contributed by atoms with Gasteiger partial charge in [0, 0.05) is 7.05 Å². The number of amides is 1. The van der Waals surface area contributed by atoms with Crippen LogP contribution in [0.2, 0.25) is 0 Å². The van der Waals surface area contributed by atoms with Crippen LogP contribution in [0.1, 0.15) is 23.1 Å². The summed E-state index contributed by atoms with van der Waals surface area (Å²) < 4.78 is 1.54. The van der Waals surface area contributed by atoms with Crippen molar-refractivity contribution in [3.8, 4) is 0 Å². The lowest BCUT2D eigenvalue weighted by molar-refractivity contribution is 0.101. The number of nitrogen functional groups attached to an aromatic ring is 1. The number of aryl methyl sites for hydroxylation is 2. The van der Waals surface area contributed by atoms with Crippen LogP contribution in [0, 0.1) is 0 Å². The van der Waals surface area contributed by atoms with E-state index in [4.69, 9.17) is 5.73 Å². The molecule has 2 aromatic heterocycles. The first kappa shape index (κ1) is 11.2. The second kappa shape index (κ2) is 4.28. The lowest BCUT2D eigenvalue weighted by Gasteiger charge is -2.03. The highest BCUT2D eigenvalue weighted by atomic mass is 16.2. The van der Waals surface area contributed by atoms with Crippen molar-refractivity contribution in [1.82, 2.24) is 20.0 Å². The average molecular weight is 234 g/mol. The molecule has 2 aromatic rings. The molecule has 0 unspecified atom stereocenters. The Morgan fingerprint density at radius 1 is 1.65 bits per heavy atom. The Morgan fingerprint density at radius 3 is 2.94 bits per heavy atom. The Hall–Kier alpha value is -2.31. The van der Waals surface area contributed by atoms with Crippen molar-refractivity contribution in [2.45, 2.75) is 13.3 Å². The van der Waals surface area contributed by atoms with Gasteiger partial charge in [-0.15, -0.1) is 0 Å². The van der Waals surface area contributed by atoms with Crippen molar-refractivity contribution in [2.24, 2.45) is 7.05 Å². The monoisotopic (exact) mass is 234 g/mol. The summed E-state index contributed by atoms with van der Waals surface area (Å²) in [5.74, 6) is 0.130. The fourth-order valence-corrected chi connectivity index (χ4v) is 1.49. The van der Waals surface area contributed by atoms with Gasteiger partial charge in [-0.2, -0.15) is 10.2 Å². The van der Waals surface area contributed by atoms with Crippen molar-refractivity contribution >= 4 is 17.4 Å². The van der Waals surface area contributed by atoms with Gasteiger partial charge in [-0.05, 0) is 12.5 Å². The van der Waals surface area contributed by atoms with Gasteiger partial charge < -0.3 is 11.1 Å². The molecule has 0 saturated heterocycles. The summed E-state index contributed by atoms with van der Waals surface area (Å²) in [4.78, 5) is 11.9. The van der Waals surface area contributed by atoms with Crippen LogP contribution >= 0.6 is 0 Å². The molecule has 0 aliphatic carbocycles. The molecule has 0 saturated carbocycles. The number of rotatable bonds is 3. The van der Waals surface area contributed by atoms with Crippen LogP contribution in [0.25, 0.3) is 0 Å². The smallest absolute Gasteiger partial charge is 0.275 e. The van der Waals surface area contributed by atoms with Crippen LogP contribution in [0.15, 0.2) is 12.3 Å². The van der Waals surface area contributed by atoms with Gasteiger partial charge in [0.05, 0.1) is 17.6 Å². The highest BCUT2D eigenvalue weighted by molar-refractivity contribution is 6.03. The van der Waals surface area contributed by atoms with E-state index in [9.17, 15) is 4.79 Å². The standard InChI is InChI=1S/C10H14N6O/c1-3-6-4-8(16(2)15-6)10(17)13-9-7(11)5-12-14-9/h4-5H,3,11H2,1-2H3,(H2,12,13,14,17). The Bertz CT molecular complexity index is 541. The number of carbonyl (C=O) groups is 1. The summed E-state index contributed by atoms with van der Waals surface area (Å²) in [6.45, 7) is 1.98. The van der Waals surface area contributed by atoms with Gasteiger partial charge in [0.1, 0.15) is 5.69 Å². The van der Waals surface area contributed by atoms with E-state index in [2.05, 4.69) is 20.6 Å². The molecular formula is C10H14N6O. The predicted octanol–water partition coefficient (Wildman–Crippen LogP) is 0.540. The maximum Gasteiger partial charge on any atom is 0.275 e. The first-order chi connectivity index (χ1) is 8.11. The molecule has 2 rings (SSSR count). The molecule has 17 heavy (non-hydrogen) atoms. The van der Waals surface area contributed by atoms with Crippen LogP contribution in [0.4, 0.5) is 11.5 Å². The van der Waals surface area contributed by atoms with Gasteiger partial charge in [-0.3, -0.25) is 14.6 Å². The number of nitrogens with zero attached hydrogens (tertiary/aromatic N) is 3. The van der Waals surface area contributed by atoms with Crippen LogP contribution in [-0.2, 0) is 13.5 Å². The summed E-state index contributed by atoms with van der Waals surface area (Å²) in [7, 11) is 1.73. The maximum atomic E-state index is 11.9. The Kier molecular flexibility index (Phi) is 2.82. The molecule has 0 aliphatic heterocycles. The van der Waals surface area contributed by atoms with Gasteiger partial charge in [-0.1, -0.05) is 6.92 Å². The minimum absolute atomic E-state index is 0.268. The van der Waals surface area contributed by atoms with Crippen LogP contribution in [0.5, 0.6) is 0 Å². The predicted molar refractivity (Wildman–Crippen MR) is 63.5 cm³/mol. The number of H-pyrrole nitrogens is 1. The number of aromatic nitrogens is 4. The van der Waals surface area contributed by atoms with Gasteiger partial charge >= 0.3 is 0 Å². The molecule has 1 amide bonds. The summed E-state index contributed by atoms with van der Waals surface area (Å²) in [5, 5.41) is 13.2. The largest absolute Gasteiger partial charge is 0.394 e. The van der Waals surface area contributed by atoms with Crippen molar-refractivity contribution in [3.05, 3.63) is 23.7 Å². The Labute approximate surface area is 98.0 Å². The minimum atomic E-state index is -0.268. The number of hydrogen-bond donors (Lipinski definition) is 3. The second-order valence-corrected chi connectivity index (χ2v) is 3.65. The van der Waals surface area contributed by atoms with Gasteiger partial charge in [0.15, 0.2) is 5.82 Å². The molecule has 0 fully saturated rings. The highest BCUT2D eigenvalue weighted by Gasteiger charge is 2.14. The van der Waals surface area contributed by atoms with Gasteiger partial charge in [0.25, 0.3) is 5.91 Å². The molecule has 90 valence electrons. The van der Waals surface area contributed by atoms with E-state index >= 15 is 0 Å². The summed E-state index contributed by atoms with van der Waals surface area (Å²) in [5.41, 5.74) is 7.36. The molecule has 2 heterocycles. The van der Waals surface area contributed by atoms with E-state index in [0.29, 0.717) is 17.2 Å². The van der Waals surface area contributed by atoms with E-state index in [1.807, 2.05) is 6.92 Å². The zero-order valence-electron chi connectivity index (χ0n) is 9.69. The van der Waals surface area contributed by atoms with Crippen molar-refractivity contribution < 1.29 is 4.79 Å². The Balaban J connectivity index is 2.20. The molecule has 7 heteroatoms. The molecule has 7 nitrogen and oxygen atoms in total. The zero-order chi connectivity index (χ0) is 12.4. The first-order valence-corrected chi connectivity index (χ1v) is 5.25. The molecular weight excluding hydrogens is 220 g/mol. The van der Waals surface area contributed by atoms with E-state index in [0.717, 1.165) is 12.1 Å². The van der Waals surface area contributed by atoms with E-state index in [-0.39, 0.29) is 5.91 Å². The van der Waals surface area contributed by atoms with E-state index < -0.39 is 0 Å². The number of hydrogen-bond acceptors (Lipinski definition) is 4. The molecule has 0 aliphatic rings. The third-order valence-electron chi connectivity index (χ3n) is 2.43. The SMILES string of the molecule is CCc1cc(C(=O)Nc2[nH]ncc2N)n(C)n1. The molecule has 4 N–H and O–H groups in total. The molecule has 0 radical (unpaired) electrons. The fourth-order valence-electron chi connectivity index (χ4n) is 1.49. The van der Waals surface area contributed by atoms with Crippen LogP contribution in [-0.4, -0.2) is 25.9 Å². The third-order valence-corrected chi connectivity index (χ3v) is 2.43. The average Bonchev–Trinajstić information content (AvgIpc) is 2.86. The zero-order valence-corrected chi connectivity index (χ0v) is 9.69. The minimum Gasteiger partial charge on any atom is -0.394 e. The van der Waals surface area contributed by atoms with E-state index in [1.165, 1.54) is 6.20 Å². The summed E-state index contributed by atoms with van der Waals surface area (Å²) >= 11 is 0. The summed E-state index contributed by atoms with van der Waals surface area (Å²) in [6.07, 6.45) is 2.23. The Morgan fingerprint density at radius 2 is 2.41 bits per heavy atom. The van der Waals surface area contributed by atoms with Crippen molar-refractivity contribution in [2.75, 3.05) is 11.1 Å². The van der Waals surface area contributed by atoms with E-state index in [1.54, 1.807) is 17.8 Å². The number of nitrogens with one attached hydrogen (secondary N) is 2. The number of aromatic amines is 1. The number of anilines is 2. The highest BCUT2D eigenvalue weighted by Crippen LogP contribution is 2.14. The molecule has 0 aromatic carbocycles. The lowest BCUT2D eigenvalue weighted by atomic mass is 10.3. The normalized spacial score (nSPS) is 10.5. The fraction of sp³-hybridized carbons (Fsp3) is 0.300. The van der Waals surface area contributed by atoms with Crippen molar-refractivity contribution in [1.29, 1.82) is 0 Å². The van der Waals surface area contributed by atoms with Crippen molar-refractivity contribution in [3.63, 3.8) is 0 Å². The molecule has 0 bridgehead atoms. The molecule has 0 atom stereocenters. The maximum absolute atomic E-state index is 11.9. The van der Waals surface area contributed by atoms with Crippen LogP contribution in [0.3, 0.4) is 0 Å². The number of carbonyl (C=O) groups excluding carboxylic acids is 1. The van der Waals surface area contributed by atoms with Gasteiger partial charge in [0.2, 0.25) is 0 Å². The third kappa shape index (κ3) is 2.12. The van der Waals surface area contributed by atoms with Gasteiger partial charge in [-0.25, -0.2) is 0 Å². The lowest BCUT2D eigenvalue weighted by Crippen LogP contribution is -2.17. The first-order valence-electron chi connectivity index (χ1n) is 5.25. The summed E-state index contributed by atoms with van der Waals surface area (Å²) in [6, 6.07) is 1.75. The van der Waals surface area contributed by atoms with Crippen LogP contribution < -0.4 is 11.1 Å². The topological polar surface area (TPSA) is 102 Å². The molecule has 0 spiro atoms. The number of nitrogens with two attached hydrogens (primary N) is 1. The second-order valence-electron chi connectivity index (χ2n) is 3.65. The quantitative estimate of drug-likeness (QED) is 0.721.